The highest BCUT2D eigenvalue weighted by atomic mass is 79.9. The summed E-state index contributed by atoms with van der Waals surface area (Å²) >= 11 is 5.14. The van der Waals surface area contributed by atoms with E-state index in [1.54, 1.807) is 11.3 Å². The molecule has 1 aromatic carbocycles. The van der Waals surface area contributed by atoms with E-state index in [-0.39, 0.29) is 23.2 Å². The number of carbonyl (C=O) groups is 1. The summed E-state index contributed by atoms with van der Waals surface area (Å²) in [5, 5.41) is 11.0. The number of anilines is 1. The summed E-state index contributed by atoms with van der Waals surface area (Å²) in [6.45, 7) is 0. The van der Waals surface area contributed by atoms with Gasteiger partial charge in [0.25, 0.3) is 5.56 Å². The zero-order valence-corrected chi connectivity index (χ0v) is 16.6. The average molecular weight is 442 g/mol. The zero-order valence-electron chi connectivity index (χ0n) is 14.2. The standard InChI is InChI=1S/C20H16BrN3O2S/c21-12-5-3-10(4-6-12)16-17-13(22-19-18(16)20(26)24-23-19)8-11(9-14(17)25)15-2-1-7-27-15/h1-7,11,16H,8-9H2,(H3,22,23,24,26). The largest absolute Gasteiger partial charge is 0.343 e. The molecule has 0 saturated carbocycles. The van der Waals surface area contributed by atoms with Gasteiger partial charge in [-0.2, -0.15) is 0 Å². The minimum atomic E-state index is -0.351. The van der Waals surface area contributed by atoms with Crippen molar-refractivity contribution in [2.75, 3.05) is 5.32 Å². The molecule has 1 aliphatic carbocycles. The highest BCUT2D eigenvalue weighted by molar-refractivity contribution is 9.10. The Balaban J connectivity index is 1.65. The van der Waals surface area contributed by atoms with Crippen LogP contribution in [-0.4, -0.2) is 16.0 Å². The smallest absolute Gasteiger partial charge is 0.270 e. The van der Waals surface area contributed by atoms with Crippen molar-refractivity contribution in [2.24, 2.45) is 0 Å². The van der Waals surface area contributed by atoms with Gasteiger partial charge in [0.15, 0.2) is 5.78 Å². The second-order valence-electron chi connectivity index (χ2n) is 6.91. The molecule has 2 atom stereocenters. The van der Waals surface area contributed by atoms with Gasteiger partial charge in [-0.25, -0.2) is 0 Å². The lowest BCUT2D eigenvalue weighted by atomic mass is 9.74. The molecule has 5 nitrogen and oxygen atoms in total. The number of fused-ring (bicyclic) bond motifs is 1. The molecule has 0 radical (unpaired) electrons. The van der Waals surface area contributed by atoms with E-state index in [0.29, 0.717) is 17.8 Å². The molecule has 2 unspecified atom stereocenters. The number of aromatic nitrogens is 2. The molecule has 0 bridgehead atoms. The van der Waals surface area contributed by atoms with Gasteiger partial charge in [0, 0.05) is 38.9 Å². The number of benzene rings is 1. The number of halogens is 1. The van der Waals surface area contributed by atoms with Crippen molar-refractivity contribution >= 4 is 38.9 Å². The van der Waals surface area contributed by atoms with E-state index in [2.05, 4.69) is 37.5 Å². The van der Waals surface area contributed by atoms with Crippen molar-refractivity contribution < 1.29 is 4.79 Å². The van der Waals surface area contributed by atoms with E-state index in [4.69, 9.17) is 0 Å². The fourth-order valence-corrected chi connectivity index (χ4v) is 5.23. The average Bonchev–Trinajstić information content (AvgIpc) is 3.31. The number of hydrogen-bond acceptors (Lipinski definition) is 4. The number of hydrogen-bond donors (Lipinski definition) is 3. The van der Waals surface area contributed by atoms with Crippen LogP contribution in [0.5, 0.6) is 0 Å². The summed E-state index contributed by atoms with van der Waals surface area (Å²) in [6.07, 6.45) is 1.24. The SMILES string of the molecule is O=C1CC(c2cccs2)CC2=C1C(c1ccc(Br)cc1)c1c([nH][nH]c1=O)N2. The highest BCUT2D eigenvalue weighted by Crippen LogP contribution is 2.46. The summed E-state index contributed by atoms with van der Waals surface area (Å²) in [5.74, 6) is 0.602. The molecule has 3 heterocycles. The molecule has 0 spiro atoms. The molecule has 27 heavy (non-hydrogen) atoms. The molecule has 7 heteroatoms. The van der Waals surface area contributed by atoms with Crippen LogP contribution < -0.4 is 10.9 Å². The van der Waals surface area contributed by atoms with Gasteiger partial charge in [0.2, 0.25) is 0 Å². The second kappa shape index (κ2) is 6.35. The number of rotatable bonds is 2. The highest BCUT2D eigenvalue weighted by Gasteiger charge is 2.40. The van der Waals surface area contributed by atoms with Gasteiger partial charge in [-0.3, -0.25) is 19.8 Å². The fourth-order valence-electron chi connectivity index (χ4n) is 4.13. The predicted octanol–water partition coefficient (Wildman–Crippen LogP) is 4.49. The number of aromatic amines is 2. The molecule has 0 amide bonds. The summed E-state index contributed by atoms with van der Waals surface area (Å²) in [6, 6.07) is 11.9. The van der Waals surface area contributed by atoms with Crippen LogP contribution in [0, 0.1) is 0 Å². The van der Waals surface area contributed by atoms with Gasteiger partial charge < -0.3 is 5.32 Å². The first-order chi connectivity index (χ1) is 13.1. The van der Waals surface area contributed by atoms with Crippen LogP contribution >= 0.6 is 27.3 Å². The number of allylic oxidation sites excluding steroid dienone is 2. The molecular formula is C20H16BrN3O2S. The lowest BCUT2D eigenvalue weighted by Crippen LogP contribution is -2.31. The van der Waals surface area contributed by atoms with Gasteiger partial charge in [-0.1, -0.05) is 34.1 Å². The maximum Gasteiger partial charge on any atom is 0.270 e. The molecule has 136 valence electrons. The number of ketones is 1. The Bertz CT molecular complexity index is 1110. The lowest BCUT2D eigenvalue weighted by molar-refractivity contribution is -0.116. The van der Waals surface area contributed by atoms with E-state index >= 15 is 0 Å². The van der Waals surface area contributed by atoms with Crippen LogP contribution in [-0.2, 0) is 4.79 Å². The maximum absolute atomic E-state index is 13.2. The van der Waals surface area contributed by atoms with Crippen LogP contribution in [0.1, 0.15) is 40.7 Å². The molecule has 2 aromatic heterocycles. The van der Waals surface area contributed by atoms with Gasteiger partial charge >= 0.3 is 0 Å². The van der Waals surface area contributed by atoms with Crippen LogP contribution in [0.4, 0.5) is 5.82 Å². The van der Waals surface area contributed by atoms with Gasteiger partial charge in [-0.15, -0.1) is 11.3 Å². The second-order valence-corrected chi connectivity index (χ2v) is 8.81. The first kappa shape index (κ1) is 16.8. The van der Waals surface area contributed by atoms with Crippen molar-refractivity contribution in [2.45, 2.75) is 24.7 Å². The summed E-state index contributed by atoms with van der Waals surface area (Å²) in [7, 11) is 0. The normalized spacial score (nSPS) is 21.6. The minimum absolute atomic E-state index is 0.112. The van der Waals surface area contributed by atoms with Crippen molar-refractivity contribution in [3.05, 3.63) is 83.9 Å². The Morgan fingerprint density at radius 1 is 1.04 bits per heavy atom. The molecule has 2 aliphatic rings. The first-order valence-electron chi connectivity index (χ1n) is 8.74. The molecular weight excluding hydrogens is 426 g/mol. The first-order valence-corrected chi connectivity index (χ1v) is 10.4. The van der Waals surface area contributed by atoms with Crippen LogP contribution in [0.25, 0.3) is 0 Å². The van der Waals surface area contributed by atoms with E-state index in [1.807, 2.05) is 35.7 Å². The number of Topliss-reactive ketones (excluding diaryl/α,β-unsaturated/α-hetero) is 1. The molecule has 1 aliphatic heterocycles. The molecule has 3 aromatic rings. The summed E-state index contributed by atoms with van der Waals surface area (Å²) in [5.41, 5.74) is 2.98. The molecule has 5 rings (SSSR count). The Morgan fingerprint density at radius 2 is 1.85 bits per heavy atom. The Morgan fingerprint density at radius 3 is 2.59 bits per heavy atom. The van der Waals surface area contributed by atoms with Crippen LogP contribution in [0.3, 0.4) is 0 Å². The van der Waals surface area contributed by atoms with Crippen molar-refractivity contribution in [3.8, 4) is 0 Å². The third-order valence-corrected chi connectivity index (χ3v) is 6.89. The number of carbonyl (C=O) groups excluding carboxylic acids is 1. The summed E-state index contributed by atoms with van der Waals surface area (Å²) < 4.78 is 0.963. The Kier molecular flexibility index (Phi) is 3.94. The topological polar surface area (TPSA) is 77.8 Å². The predicted molar refractivity (Wildman–Crippen MR) is 109 cm³/mol. The molecule has 0 saturated heterocycles. The fraction of sp³-hybridized carbons (Fsp3) is 0.200. The monoisotopic (exact) mass is 441 g/mol. The number of nitrogens with one attached hydrogen (secondary N) is 3. The van der Waals surface area contributed by atoms with Crippen molar-refractivity contribution in [3.63, 3.8) is 0 Å². The molecule has 0 fully saturated rings. The number of thiophene rings is 1. The lowest BCUT2D eigenvalue weighted by Gasteiger charge is -2.34. The van der Waals surface area contributed by atoms with E-state index in [0.717, 1.165) is 27.7 Å². The summed E-state index contributed by atoms with van der Waals surface area (Å²) in [4.78, 5) is 26.9. The van der Waals surface area contributed by atoms with E-state index in [1.165, 1.54) is 4.88 Å². The zero-order chi connectivity index (χ0) is 18.5. The van der Waals surface area contributed by atoms with Gasteiger partial charge in [-0.05, 0) is 35.6 Å². The number of H-pyrrole nitrogens is 2. The third-order valence-electron chi connectivity index (χ3n) is 5.32. The van der Waals surface area contributed by atoms with Crippen molar-refractivity contribution in [1.82, 2.24) is 10.2 Å². The minimum Gasteiger partial charge on any atom is -0.343 e. The van der Waals surface area contributed by atoms with Crippen molar-refractivity contribution in [1.29, 1.82) is 0 Å². The Labute approximate surface area is 167 Å². The van der Waals surface area contributed by atoms with Gasteiger partial charge in [0.1, 0.15) is 5.82 Å². The Hall–Kier alpha value is -2.38. The maximum atomic E-state index is 13.2. The van der Waals surface area contributed by atoms with Crippen LogP contribution in [0.2, 0.25) is 0 Å². The quantitative estimate of drug-likeness (QED) is 0.548. The van der Waals surface area contributed by atoms with E-state index in [9.17, 15) is 9.59 Å². The van der Waals surface area contributed by atoms with E-state index < -0.39 is 0 Å². The van der Waals surface area contributed by atoms with Gasteiger partial charge in [0.05, 0.1) is 5.56 Å². The third kappa shape index (κ3) is 2.73. The molecule has 3 N–H and O–H groups in total. The van der Waals surface area contributed by atoms with Crippen LogP contribution in [0.15, 0.2) is 62.3 Å².